The number of nitro benzene ring substituents is 1. The molecule has 0 spiro atoms. The highest BCUT2D eigenvalue weighted by Crippen LogP contribution is 2.35. The summed E-state index contributed by atoms with van der Waals surface area (Å²) in [5.74, 6) is 1.69. The van der Waals surface area contributed by atoms with Crippen molar-refractivity contribution in [2.24, 2.45) is 0 Å². The first-order valence-electron chi connectivity index (χ1n) is 10.4. The number of fused-ring (bicyclic) bond motifs is 3. The molecule has 2 heterocycles. The van der Waals surface area contributed by atoms with Gasteiger partial charge in [0.1, 0.15) is 5.82 Å². The molecule has 176 valence electrons. The maximum atomic E-state index is 13.3. The smallest absolute Gasteiger partial charge is 0.269 e. The second-order valence-corrected chi connectivity index (χ2v) is 8.45. The third-order valence-corrected chi connectivity index (χ3v) is 6.36. The SMILES string of the molecule is COc1cc2nc(SCc3ccc(F)cc3)n3nc(-c4ccc([N+](=O)[O-])cc4)nc3c2cc1OC. The van der Waals surface area contributed by atoms with Gasteiger partial charge in [-0.3, -0.25) is 10.1 Å². The fraction of sp³-hybridized carbons (Fsp3) is 0.125. The Morgan fingerprint density at radius 1 is 1.00 bits per heavy atom. The van der Waals surface area contributed by atoms with Gasteiger partial charge in [0.15, 0.2) is 28.1 Å². The lowest BCUT2D eigenvalue weighted by molar-refractivity contribution is -0.384. The van der Waals surface area contributed by atoms with Crippen LogP contribution < -0.4 is 9.47 Å². The van der Waals surface area contributed by atoms with E-state index in [9.17, 15) is 14.5 Å². The lowest BCUT2D eigenvalue weighted by Gasteiger charge is -2.11. The maximum absolute atomic E-state index is 13.3. The average Bonchev–Trinajstić information content (AvgIpc) is 3.33. The van der Waals surface area contributed by atoms with E-state index in [1.807, 2.05) is 0 Å². The van der Waals surface area contributed by atoms with Gasteiger partial charge < -0.3 is 9.47 Å². The Labute approximate surface area is 202 Å². The first-order valence-corrected chi connectivity index (χ1v) is 11.4. The summed E-state index contributed by atoms with van der Waals surface area (Å²) in [7, 11) is 3.10. The van der Waals surface area contributed by atoms with Crippen molar-refractivity contribution in [3.05, 3.63) is 82.2 Å². The van der Waals surface area contributed by atoms with Gasteiger partial charge in [-0.25, -0.2) is 14.4 Å². The van der Waals surface area contributed by atoms with Crippen LogP contribution in [0.1, 0.15) is 5.56 Å². The molecule has 0 saturated carbocycles. The zero-order valence-electron chi connectivity index (χ0n) is 18.6. The van der Waals surface area contributed by atoms with E-state index in [4.69, 9.17) is 19.4 Å². The molecule has 0 aliphatic rings. The zero-order chi connectivity index (χ0) is 24.5. The van der Waals surface area contributed by atoms with Gasteiger partial charge >= 0.3 is 0 Å². The van der Waals surface area contributed by atoms with Gasteiger partial charge in [-0.1, -0.05) is 23.9 Å². The third-order valence-electron chi connectivity index (χ3n) is 5.36. The van der Waals surface area contributed by atoms with Crippen molar-refractivity contribution < 1.29 is 18.8 Å². The van der Waals surface area contributed by atoms with E-state index < -0.39 is 4.92 Å². The molecule has 3 aromatic carbocycles. The number of nitro groups is 1. The Bertz CT molecular complexity index is 1560. The van der Waals surface area contributed by atoms with E-state index in [-0.39, 0.29) is 11.5 Å². The number of hydrogen-bond donors (Lipinski definition) is 0. The van der Waals surface area contributed by atoms with Gasteiger partial charge in [0.25, 0.3) is 5.69 Å². The molecule has 35 heavy (non-hydrogen) atoms. The lowest BCUT2D eigenvalue weighted by atomic mass is 10.2. The van der Waals surface area contributed by atoms with Crippen molar-refractivity contribution in [2.45, 2.75) is 10.9 Å². The number of ether oxygens (including phenoxy) is 2. The molecule has 0 saturated heterocycles. The molecule has 11 heteroatoms. The van der Waals surface area contributed by atoms with Crippen molar-refractivity contribution >= 4 is 34.0 Å². The van der Waals surface area contributed by atoms with Gasteiger partial charge in [-0.2, -0.15) is 4.52 Å². The van der Waals surface area contributed by atoms with Crippen molar-refractivity contribution in [3.63, 3.8) is 0 Å². The van der Waals surface area contributed by atoms with Crippen molar-refractivity contribution in [1.82, 2.24) is 19.6 Å². The summed E-state index contributed by atoms with van der Waals surface area (Å²) in [6.45, 7) is 0. The topological polar surface area (TPSA) is 105 Å². The quantitative estimate of drug-likeness (QED) is 0.131. The van der Waals surface area contributed by atoms with Crippen LogP contribution in [0.15, 0.2) is 65.8 Å². The number of aromatic nitrogens is 4. The van der Waals surface area contributed by atoms with Gasteiger partial charge in [0.2, 0.25) is 0 Å². The van der Waals surface area contributed by atoms with Crippen LogP contribution in [0.3, 0.4) is 0 Å². The Morgan fingerprint density at radius 2 is 1.69 bits per heavy atom. The Balaban J connectivity index is 1.65. The largest absolute Gasteiger partial charge is 0.493 e. The van der Waals surface area contributed by atoms with Crippen molar-refractivity contribution in [1.29, 1.82) is 0 Å². The highest BCUT2D eigenvalue weighted by Gasteiger charge is 2.18. The van der Waals surface area contributed by atoms with Crippen LogP contribution in [-0.4, -0.2) is 38.7 Å². The number of halogens is 1. The van der Waals surface area contributed by atoms with Crippen molar-refractivity contribution in [3.8, 4) is 22.9 Å². The number of nitrogens with zero attached hydrogens (tertiary/aromatic N) is 5. The molecule has 5 rings (SSSR count). The molecule has 0 N–H and O–H groups in total. The summed E-state index contributed by atoms with van der Waals surface area (Å²) in [6, 6.07) is 15.9. The Morgan fingerprint density at radius 3 is 2.34 bits per heavy atom. The summed E-state index contributed by atoms with van der Waals surface area (Å²) in [4.78, 5) is 20.1. The van der Waals surface area contributed by atoms with Gasteiger partial charge in [0, 0.05) is 34.9 Å². The minimum Gasteiger partial charge on any atom is -0.493 e. The normalized spacial score (nSPS) is 11.2. The van der Waals surface area contributed by atoms with Gasteiger partial charge in [0.05, 0.1) is 24.7 Å². The van der Waals surface area contributed by atoms with Gasteiger partial charge in [-0.05, 0) is 35.9 Å². The molecule has 0 unspecified atom stereocenters. The van der Waals surface area contributed by atoms with Crippen LogP contribution in [0.5, 0.6) is 11.5 Å². The number of methoxy groups -OCH3 is 2. The summed E-state index contributed by atoms with van der Waals surface area (Å²) in [5.41, 5.74) is 2.72. The number of benzene rings is 3. The predicted molar refractivity (Wildman–Crippen MR) is 129 cm³/mol. The average molecular weight is 492 g/mol. The lowest BCUT2D eigenvalue weighted by Crippen LogP contribution is -2.00. The van der Waals surface area contributed by atoms with Crippen LogP contribution in [0.25, 0.3) is 27.9 Å². The molecule has 0 fully saturated rings. The minimum absolute atomic E-state index is 0.0167. The molecule has 0 aliphatic carbocycles. The second-order valence-electron chi connectivity index (χ2n) is 7.51. The van der Waals surface area contributed by atoms with Crippen LogP contribution in [0.2, 0.25) is 0 Å². The Hall–Kier alpha value is -4.25. The zero-order valence-corrected chi connectivity index (χ0v) is 19.5. The molecule has 5 aromatic rings. The number of non-ortho nitro benzene ring substituents is 1. The predicted octanol–water partition coefficient (Wildman–Crippen LogP) is 5.30. The van der Waals surface area contributed by atoms with E-state index in [0.29, 0.717) is 50.3 Å². The minimum atomic E-state index is -0.456. The molecule has 0 atom stereocenters. The van der Waals surface area contributed by atoms with E-state index in [1.54, 1.807) is 55.1 Å². The fourth-order valence-corrected chi connectivity index (χ4v) is 4.49. The first-order chi connectivity index (χ1) is 17.0. The monoisotopic (exact) mass is 491 g/mol. The summed E-state index contributed by atoms with van der Waals surface area (Å²) in [5, 5.41) is 16.9. The summed E-state index contributed by atoms with van der Waals surface area (Å²) >= 11 is 1.43. The van der Waals surface area contributed by atoms with Crippen LogP contribution in [0.4, 0.5) is 10.1 Å². The molecule has 0 amide bonds. The number of hydrogen-bond acceptors (Lipinski definition) is 8. The van der Waals surface area contributed by atoms with E-state index >= 15 is 0 Å². The van der Waals surface area contributed by atoms with Crippen molar-refractivity contribution in [2.75, 3.05) is 14.2 Å². The van der Waals surface area contributed by atoms with E-state index in [1.165, 1.54) is 36.0 Å². The van der Waals surface area contributed by atoms with Crippen LogP contribution >= 0.6 is 11.8 Å². The molecule has 0 radical (unpaired) electrons. The highest BCUT2D eigenvalue weighted by molar-refractivity contribution is 7.98. The van der Waals surface area contributed by atoms with Gasteiger partial charge in [-0.15, -0.1) is 5.10 Å². The molecule has 0 aliphatic heterocycles. The summed E-state index contributed by atoms with van der Waals surface area (Å²) in [6.07, 6.45) is 0. The van der Waals surface area contributed by atoms with E-state index in [0.717, 1.165) is 5.56 Å². The third kappa shape index (κ3) is 4.33. The highest BCUT2D eigenvalue weighted by atomic mass is 32.2. The van der Waals surface area contributed by atoms with Crippen LogP contribution in [-0.2, 0) is 5.75 Å². The summed E-state index contributed by atoms with van der Waals surface area (Å²) < 4.78 is 25.8. The van der Waals surface area contributed by atoms with Crippen LogP contribution in [0, 0.1) is 15.9 Å². The second kappa shape index (κ2) is 9.18. The standard InChI is InChI=1S/C24H18FN5O4S/c1-33-20-11-18-19(12-21(20)34-2)26-24(35-13-14-3-7-16(25)8-4-14)29-23(18)27-22(28-29)15-5-9-17(10-6-15)30(31)32/h3-12H,13H2,1-2H3. The molecular weight excluding hydrogens is 473 g/mol. The number of thioether (sulfide) groups is 1. The van der Waals surface area contributed by atoms with E-state index in [2.05, 4.69) is 5.10 Å². The Kier molecular flexibility index (Phi) is 5.91. The first kappa shape index (κ1) is 22.5. The fourth-order valence-electron chi connectivity index (χ4n) is 3.59. The molecule has 9 nitrogen and oxygen atoms in total. The number of rotatable bonds is 7. The molecule has 0 bridgehead atoms. The maximum Gasteiger partial charge on any atom is 0.269 e. The molecule has 2 aromatic heterocycles. The molecular formula is C24H18FN5O4S.